The normalized spacial score (nSPS) is 22.4. The van der Waals surface area contributed by atoms with Crippen LogP contribution in [0.2, 0.25) is 5.02 Å². The second-order valence-electron chi connectivity index (χ2n) is 15.9. The van der Waals surface area contributed by atoms with Gasteiger partial charge in [-0.25, -0.2) is 4.79 Å². The van der Waals surface area contributed by atoms with Crippen LogP contribution in [0.25, 0.3) is 11.3 Å². The van der Waals surface area contributed by atoms with Crippen molar-refractivity contribution in [2.24, 2.45) is 5.41 Å². The number of allylic oxidation sites excluding steroid dienone is 2. The zero-order valence-corrected chi connectivity index (χ0v) is 34.0. The van der Waals surface area contributed by atoms with E-state index in [9.17, 15) is 46.1 Å². The zero-order chi connectivity index (χ0) is 43.6. The second-order valence-corrected chi connectivity index (χ2v) is 16.3. The van der Waals surface area contributed by atoms with Crippen LogP contribution in [0.4, 0.5) is 31.1 Å². The largest absolute Gasteiger partial charge is 0.573 e. The number of aliphatic hydroxyl groups is 2. The molecule has 1 fully saturated rings. The van der Waals surface area contributed by atoms with Crippen LogP contribution >= 0.6 is 11.6 Å². The Morgan fingerprint density at radius 3 is 2.38 bits per heavy atom. The van der Waals surface area contributed by atoms with Gasteiger partial charge in [0.1, 0.15) is 11.5 Å². The van der Waals surface area contributed by atoms with E-state index in [1.165, 1.54) is 29.2 Å². The molecule has 4 aromatic rings. The van der Waals surface area contributed by atoms with Crippen LogP contribution in [0.3, 0.4) is 0 Å². The number of ketones is 1. The van der Waals surface area contributed by atoms with Crippen LogP contribution < -0.4 is 4.74 Å². The molecule has 15 heteroatoms. The number of alkyl halides is 6. The predicted octanol–water partition coefficient (Wildman–Crippen LogP) is 11.4. The van der Waals surface area contributed by atoms with Gasteiger partial charge < -0.3 is 29.0 Å². The molecule has 4 atom stereocenters. The molecule has 3 aliphatic carbocycles. The van der Waals surface area contributed by atoms with E-state index in [1.807, 2.05) is 19.9 Å². The fourth-order valence-electron chi connectivity index (χ4n) is 8.56. The summed E-state index contributed by atoms with van der Waals surface area (Å²) in [5.74, 6) is -1.69. The van der Waals surface area contributed by atoms with Crippen molar-refractivity contribution in [1.29, 1.82) is 0 Å². The SMILES string of the molecule is CCOC(=O)N(Cc1ccc(OC(F)(F)F)cc1)CC1(O)CCC2c3ccc(cc3C(=O)c3ccc(-c4cc(C(F)(F)F)ccc4Cl)o3)CC(O)CCC(C)=CCCC21C. The third-order valence-corrected chi connectivity index (χ3v) is 12.1. The Labute approximate surface area is 348 Å². The molecule has 0 aliphatic heterocycles. The van der Waals surface area contributed by atoms with E-state index in [0.717, 1.165) is 35.9 Å². The molecule has 7 rings (SSSR count). The van der Waals surface area contributed by atoms with Crippen LogP contribution in [0.5, 0.6) is 5.75 Å². The van der Waals surface area contributed by atoms with Gasteiger partial charge in [0.25, 0.3) is 0 Å². The standard InChI is InChI=1S/C45H46ClF6NO7/c1-4-58-41(56)53(25-28-8-13-32(14-9-28)60-45(50,51)52)26-43(57)21-19-36-33-15-10-29(22-31(54)12-7-27(2)6-5-20-42(36,43)3)23-34(33)40(55)39-18-17-38(59-39)35-24-30(44(47,48)49)11-16-37(35)46/h6,8-11,13-18,23-24,31,36,54,57H,4-5,7,12,19-22,25-26H2,1-3H3. The summed E-state index contributed by atoms with van der Waals surface area (Å²) in [6.07, 6.45) is -6.15. The van der Waals surface area contributed by atoms with Crippen molar-refractivity contribution >= 4 is 23.5 Å². The first kappa shape index (κ1) is 44.8. The molecule has 1 heterocycles. The lowest BCUT2D eigenvalue weighted by molar-refractivity contribution is -0.274. The number of aliphatic hydroxyl groups excluding tert-OH is 1. The highest BCUT2D eigenvalue weighted by Gasteiger charge is 2.58. The molecular formula is C45H46ClF6NO7. The van der Waals surface area contributed by atoms with E-state index in [1.54, 1.807) is 19.1 Å². The maximum Gasteiger partial charge on any atom is 0.573 e. The lowest BCUT2D eigenvalue weighted by atomic mass is 9.64. The molecular weight excluding hydrogens is 816 g/mol. The Morgan fingerprint density at radius 2 is 1.70 bits per heavy atom. The number of rotatable bonds is 9. The first-order valence-electron chi connectivity index (χ1n) is 19.7. The van der Waals surface area contributed by atoms with Crippen LogP contribution in [0.15, 0.2) is 88.9 Å². The number of fused-ring (bicyclic) bond motifs is 8. The molecule has 0 spiro atoms. The monoisotopic (exact) mass is 861 g/mol. The summed E-state index contributed by atoms with van der Waals surface area (Å²) in [6.45, 7) is 5.22. The zero-order valence-electron chi connectivity index (χ0n) is 33.3. The number of benzene rings is 3. The number of carbonyl (C=O) groups is 2. The Hall–Kier alpha value is -4.79. The highest BCUT2D eigenvalue weighted by Crippen LogP contribution is 2.59. The van der Waals surface area contributed by atoms with E-state index >= 15 is 0 Å². The van der Waals surface area contributed by atoms with Gasteiger partial charge in [0, 0.05) is 23.1 Å². The number of ether oxygens (including phenoxy) is 2. The average Bonchev–Trinajstić information content (AvgIpc) is 3.76. The molecule has 0 radical (unpaired) electrons. The number of nitrogens with zero attached hydrogens (tertiary/aromatic N) is 1. The van der Waals surface area contributed by atoms with Crippen LogP contribution in [-0.4, -0.2) is 58.2 Å². The summed E-state index contributed by atoms with van der Waals surface area (Å²) in [6, 6.07) is 15.9. The minimum absolute atomic E-state index is 0.0101. The van der Waals surface area contributed by atoms with Crippen molar-refractivity contribution in [3.63, 3.8) is 0 Å². The molecule has 8 nitrogen and oxygen atoms in total. The Balaban J connectivity index is 1.39. The van der Waals surface area contributed by atoms with Crippen molar-refractivity contribution < 1.29 is 60.0 Å². The lowest BCUT2D eigenvalue weighted by Crippen LogP contribution is -2.53. The van der Waals surface area contributed by atoms with E-state index in [-0.39, 0.29) is 60.2 Å². The van der Waals surface area contributed by atoms with Crippen LogP contribution in [-0.2, 0) is 23.9 Å². The maximum absolute atomic E-state index is 14.6. The average molecular weight is 862 g/mol. The van der Waals surface area contributed by atoms with Crippen molar-refractivity contribution in [2.75, 3.05) is 13.2 Å². The van der Waals surface area contributed by atoms with Gasteiger partial charge in [-0.15, -0.1) is 13.2 Å². The van der Waals surface area contributed by atoms with Crippen molar-refractivity contribution in [2.45, 2.75) is 102 Å². The van der Waals surface area contributed by atoms with Crippen molar-refractivity contribution in [3.05, 3.63) is 123 Å². The molecule has 4 unspecified atom stereocenters. The van der Waals surface area contributed by atoms with Gasteiger partial charge in [-0.1, -0.05) is 54.4 Å². The van der Waals surface area contributed by atoms with Gasteiger partial charge in [-0.3, -0.25) is 4.79 Å². The summed E-state index contributed by atoms with van der Waals surface area (Å²) in [7, 11) is 0. The number of hydrogen-bond donors (Lipinski definition) is 2. The minimum atomic E-state index is -4.89. The minimum Gasteiger partial charge on any atom is -0.453 e. The maximum atomic E-state index is 14.6. The van der Waals surface area contributed by atoms with E-state index in [0.29, 0.717) is 48.8 Å². The molecule has 60 heavy (non-hydrogen) atoms. The number of hydrogen-bond acceptors (Lipinski definition) is 7. The van der Waals surface area contributed by atoms with Crippen molar-refractivity contribution in [1.82, 2.24) is 4.90 Å². The van der Waals surface area contributed by atoms with E-state index in [4.69, 9.17) is 20.8 Å². The number of amides is 1. The van der Waals surface area contributed by atoms with Crippen LogP contribution in [0, 0.1) is 5.41 Å². The number of furan rings is 1. The van der Waals surface area contributed by atoms with Gasteiger partial charge >= 0.3 is 18.6 Å². The summed E-state index contributed by atoms with van der Waals surface area (Å²) in [5, 5.41) is 23.9. The number of halogens is 7. The highest BCUT2D eigenvalue weighted by molar-refractivity contribution is 6.33. The summed E-state index contributed by atoms with van der Waals surface area (Å²) in [5.41, 5.74) is -0.591. The first-order chi connectivity index (χ1) is 28.2. The van der Waals surface area contributed by atoms with Gasteiger partial charge in [-0.2, -0.15) is 13.2 Å². The Bertz CT molecular complexity index is 2220. The summed E-state index contributed by atoms with van der Waals surface area (Å²) < 4.78 is 94.6. The molecule has 2 bridgehead atoms. The van der Waals surface area contributed by atoms with Crippen molar-refractivity contribution in [3.8, 4) is 17.1 Å². The third kappa shape index (κ3) is 10.0. The molecule has 322 valence electrons. The predicted molar refractivity (Wildman–Crippen MR) is 212 cm³/mol. The number of carbonyl (C=O) groups excluding carboxylic acids is 2. The molecule has 2 N–H and O–H groups in total. The molecule has 3 aliphatic rings. The van der Waals surface area contributed by atoms with Gasteiger partial charge in [0.15, 0.2) is 5.76 Å². The Morgan fingerprint density at radius 1 is 0.967 bits per heavy atom. The fourth-order valence-corrected chi connectivity index (χ4v) is 8.77. The summed E-state index contributed by atoms with van der Waals surface area (Å²) in [4.78, 5) is 29.4. The van der Waals surface area contributed by atoms with E-state index < -0.39 is 58.8 Å². The second kappa shape index (κ2) is 17.7. The van der Waals surface area contributed by atoms with Gasteiger partial charge in [-0.05, 0) is 130 Å². The molecule has 3 aromatic carbocycles. The lowest BCUT2D eigenvalue weighted by Gasteiger charge is -2.46. The molecule has 1 amide bonds. The molecule has 0 saturated heterocycles. The van der Waals surface area contributed by atoms with Gasteiger partial charge in [0.05, 0.1) is 35.4 Å². The molecule has 1 aromatic heterocycles. The highest BCUT2D eigenvalue weighted by atomic mass is 35.5. The van der Waals surface area contributed by atoms with E-state index in [2.05, 4.69) is 10.8 Å². The van der Waals surface area contributed by atoms with Gasteiger partial charge in [0.2, 0.25) is 5.78 Å². The smallest absolute Gasteiger partial charge is 0.453 e. The molecule has 1 saturated carbocycles. The fraction of sp³-hybridized carbons (Fsp3) is 0.422. The third-order valence-electron chi connectivity index (χ3n) is 11.8. The quantitative estimate of drug-likeness (QED) is 0.0980. The van der Waals surface area contributed by atoms with Crippen LogP contribution in [0.1, 0.15) is 104 Å². The topological polar surface area (TPSA) is 109 Å². The first-order valence-corrected chi connectivity index (χ1v) is 20.0. The Kier molecular flexibility index (Phi) is 13.2. The summed E-state index contributed by atoms with van der Waals surface area (Å²) >= 11 is 6.30.